The van der Waals surface area contributed by atoms with E-state index in [1.54, 1.807) is 0 Å². The zero-order valence-corrected chi connectivity index (χ0v) is 13.6. The largest absolute Gasteiger partial charge is 0.317 e. The lowest BCUT2D eigenvalue weighted by Crippen LogP contribution is -2.25. The van der Waals surface area contributed by atoms with Crippen molar-refractivity contribution in [3.63, 3.8) is 0 Å². The van der Waals surface area contributed by atoms with E-state index in [-0.39, 0.29) is 0 Å². The fourth-order valence-corrected chi connectivity index (χ4v) is 3.75. The summed E-state index contributed by atoms with van der Waals surface area (Å²) in [5.74, 6) is 1.77. The Labute approximate surface area is 126 Å². The van der Waals surface area contributed by atoms with Crippen molar-refractivity contribution in [3.8, 4) is 0 Å². The molecule has 1 aromatic rings. The minimum absolute atomic E-state index is 0.789. The summed E-state index contributed by atoms with van der Waals surface area (Å²) >= 11 is 3.58. The van der Waals surface area contributed by atoms with Gasteiger partial charge in [0.1, 0.15) is 0 Å². The highest BCUT2D eigenvalue weighted by atomic mass is 79.9. The van der Waals surface area contributed by atoms with Gasteiger partial charge in [0, 0.05) is 4.47 Å². The summed E-state index contributed by atoms with van der Waals surface area (Å²) in [6.45, 7) is 4.45. The lowest BCUT2D eigenvalue weighted by atomic mass is 9.88. The molecule has 0 heterocycles. The highest BCUT2D eigenvalue weighted by Crippen LogP contribution is 2.31. The number of hydrogen-bond donors (Lipinski definition) is 1. The second kappa shape index (κ2) is 8.06. The number of benzene rings is 1. The minimum atomic E-state index is 0.789. The summed E-state index contributed by atoms with van der Waals surface area (Å²) in [6.07, 6.45) is 8.44. The van der Waals surface area contributed by atoms with Crippen LogP contribution in [0.1, 0.15) is 44.6 Å². The molecule has 1 atom stereocenters. The molecule has 1 nitrogen and oxygen atoms in total. The van der Waals surface area contributed by atoms with Crippen molar-refractivity contribution in [1.29, 1.82) is 0 Å². The number of rotatable bonds is 7. The molecule has 0 spiro atoms. The SMILES string of the molecule is CCNCC(Cc1cccc(Br)c1)CC1CCCC1. The first-order valence-corrected chi connectivity index (χ1v) is 8.52. The molecule has 0 bridgehead atoms. The second-order valence-corrected chi connectivity index (χ2v) is 6.81. The molecule has 1 fully saturated rings. The molecule has 0 aliphatic heterocycles. The van der Waals surface area contributed by atoms with E-state index in [9.17, 15) is 0 Å². The monoisotopic (exact) mass is 323 g/mol. The topological polar surface area (TPSA) is 12.0 Å². The molecule has 2 heteroatoms. The van der Waals surface area contributed by atoms with Gasteiger partial charge in [0.15, 0.2) is 0 Å². The molecule has 1 unspecified atom stereocenters. The van der Waals surface area contributed by atoms with Crippen LogP contribution < -0.4 is 5.32 Å². The zero-order chi connectivity index (χ0) is 13.5. The average molecular weight is 324 g/mol. The van der Waals surface area contributed by atoms with Crippen molar-refractivity contribution >= 4 is 15.9 Å². The van der Waals surface area contributed by atoms with E-state index >= 15 is 0 Å². The highest BCUT2D eigenvalue weighted by Gasteiger charge is 2.20. The third-order valence-electron chi connectivity index (χ3n) is 4.24. The van der Waals surface area contributed by atoms with Crippen LogP contribution in [0.25, 0.3) is 0 Å². The van der Waals surface area contributed by atoms with Crippen LogP contribution in [0.15, 0.2) is 28.7 Å². The first kappa shape index (κ1) is 15.1. The predicted molar refractivity (Wildman–Crippen MR) is 86.5 cm³/mol. The molecule has 1 N–H and O–H groups in total. The molecule has 19 heavy (non-hydrogen) atoms. The second-order valence-electron chi connectivity index (χ2n) is 5.89. The highest BCUT2D eigenvalue weighted by molar-refractivity contribution is 9.10. The number of halogens is 1. The Balaban J connectivity index is 1.92. The third-order valence-corrected chi connectivity index (χ3v) is 4.73. The summed E-state index contributed by atoms with van der Waals surface area (Å²) in [5.41, 5.74) is 1.47. The predicted octanol–water partition coefficient (Wildman–Crippen LogP) is 4.80. The van der Waals surface area contributed by atoms with Crippen LogP contribution in [0.3, 0.4) is 0 Å². The Morgan fingerprint density at radius 2 is 2.11 bits per heavy atom. The van der Waals surface area contributed by atoms with Crippen LogP contribution in [0, 0.1) is 11.8 Å². The molecular formula is C17H26BrN. The third kappa shape index (κ3) is 5.27. The molecule has 0 radical (unpaired) electrons. The van der Waals surface area contributed by atoms with Crippen LogP contribution in [0.2, 0.25) is 0 Å². The molecule has 1 saturated carbocycles. The van der Waals surface area contributed by atoms with E-state index in [4.69, 9.17) is 0 Å². The fraction of sp³-hybridized carbons (Fsp3) is 0.647. The van der Waals surface area contributed by atoms with Crippen LogP contribution in [0.4, 0.5) is 0 Å². The molecule has 1 aromatic carbocycles. The normalized spacial score (nSPS) is 17.8. The summed E-state index contributed by atoms with van der Waals surface area (Å²) in [6, 6.07) is 8.80. The molecule has 0 aromatic heterocycles. The quantitative estimate of drug-likeness (QED) is 0.760. The van der Waals surface area contributed by atoms with Gasteiger partial charge in [-0.2, -0.15) is 0 Å². The van der Waals surface area contributed by atoms with Gasteiger partial charge in [-0.3, -0.25) is 0 Å². The van der Waals surface area contributed by atoms with Crippen molar-refractivity contribution < 1.29 is 0 Å². The van der Waals surface area contributed by atoms with E-state index in [1.807, 2.05) is 0 Å². The molecule has 106 valence electrons. The molecule has 0 saturated heterocycles. The number of nitrogens with one attached hydrogen (secondary N) is 1. The maximum atomic E-state index is 3.58. The molecule has 2 rings (SSSR count). The number of hydrogen-bond acceptors (Lipinski definition) is 1. The lowest BCUT2D eigenvalue weighted by molar-refractivity contribution is 0.359. The molecule has 1 aliphatic rings. The van der Waals surface area contributed by atoms with Gasteiger partial charge in [-0.05, 0) is 55.5 Å². The van der Waals surface area contributed by atoms with Gasteiger partial charge in [-0.1, -0.05) is 60.7 Å². The van der Waals surface area contributed by atoms with Gasteiger partial charge >= 0.3 is 0 Å². The average Bonchev–Trinajstić information content (AvgIpc) is 2.89. The first-order chi connectivity index (χ1) is 9.28. The van der Waals surface area contributed by atoms with Crippen molar-refractivity contribution in [2.24, 2.45) is 11.8 Å². The smallest absolute Gasteiger partial charge is 0.0177 e. The fourth-order valence-electron chi connectivity index (χ4n) is 3.30. The summed E-state index contributed by atoms with van der Waals surface area (Å²) in [4.78, 5) is 0. The lowest BCUT2D eigenvalue weighted by Gasteiger charge is -2.21. The summed E-state index contributed by atoms with van der Waals surface area (Å²) < 4.78 is 1.20. The van der Waals surface area contributed by atoms with E-state index < -0.39 is 0 Å². The van der Waals surface area contributed by atoms with Crippen molar-refractivity contribution in [1.82, 2.24) is 5.32 Å². The van der Waals surface area contributed by atoms with Gasteiger partial charge < -0.3 is 5.32 Å². The zero-order valence-electron chi connectivity index (χ0n) is 12.0. The van der Waals surface area contributed by atoms with Gasteiger partial charge in [0.05, 0.1) is 0 Å². The van der Waals surface area contributed by atoms with Crippen molar-refractivity contribution in [2.45, 2.75) is 45.4 Å². The van der Waals surface area contributed by atoms with Gasteiger partial charge in [0.2, 0.25) is 0 Å². The first-order valence-electron chi connectivity index (χ1n) is 7.73. The van der Waals surface area contributed by atoms with Crippen LogP contribution in [0.5, 0.6) is 0 Å². The Kier molecular flexibility index (Phi) is 6.39. The maximum absolute atomic E-state index is 3.58. The van der Waals surface area contributed by atoms with E-state index in [0.717, 1.165) is 18.4 Å². The Morgan fingerprint density at radius 3 is 2.79 bits per heavy atom. The Bertz CT molecular complexity index is 371. The summed E-state index contributed by atoms with van der Waals surface area (Å²) in [5, 5.41) is 3.55. The van der Waals surface area contributed by atoms with Crippen LogP contribution in [-0.2, 0) is 6.42 Å². The van der Waals surface area contributed by atoms with E-state index in [2.05, 4.69) is 52.4 Å². The van der Waals surface area contributed by atoms with Gasteiger partial charge in [-0.15, -0.1) is 0 Å². The Morgan fingerprint density at radius 1 is 1.32 bits per heavy atom. The van der Waals surface area contributed by atoms with Crippen LogP contribution in [-0.4, -0.2) is 13.1 Å². The van der Waals surface area contributed by atoms with Crippen LogP contribution >= 0.6 is 15.9 Å². The maximum Gasteiger partial charge on any atom is 0.0177 e. The molecule has 0 amide bonds. The molecule has 1 aliphatic carbocycles. The van der Waals surface area contributed by atoms with Gasteiger partial charge in [0.25, 0.3) is 0 Å². The molecular weight excluding hydrogens is 298 g/mol. The van der Waals surface area contributed by atoms with E-state index in [0.29, 0.717) is 0 Å². The summed E-state index contributed by atoms with van der Waals surface area (Å²) in [7, 11) is 0. The standard InChI is InChI=1S/C17H26BrN/c1-2-19-13-16(10-14-6-3-4-7-14)11-15-8-5-9-17(18)12-15/h5,8-9,12,14,16,19H,2-4,6-7,10-11,13H2,1H3. The van der Waals surface area contributed by atoms with E-state index in [1.165, 1.54) is 55.1 Å². The van der Waals surface area contributed by atoms with Crippen molar-refractivity contribution in [3.05, 3.63) is 34.3 Å². The Hall–Kier alpha value is -0.340. The van der Waals surface area contributed by atoms with Crippen molar-refractivity contribution in [2.75, 3.05) is 13.1 Å². The van der Waals surface area contributed by atoms with Gasteiger partial charge in [-0.25, -0.2) is 0 Å². The minimum Gasteiger partial charge on any atom is -0.317 e.